The minimum Gasteiger partial charge on any atom is -0.383 e. The van der Waals surface area contributed by atoms with E-state index in [0.717, 1.165) is 12.0 Å². The predicted octanol–water partition coefficient (Wildman–Crippen LogP) is 3.73. The average molecular weight is 343 g/mol. The van der Waals surface area contributed by atoms with E-state index < -0.39 is 18.2 Å². The quantitative estimate of drug-likeness (QED) is 0.885. The number of piperidine rings is 1. The molecule has 0 bridgehead atoms. The molecule has 1 aliphatic heterocycles. The first-order chi connectivity index (χ1) is 11.3. The molecule has 1 N–H and O–H groups in total. The maximum atomic E-state index is 12.8. The van der Waals surface area contributed by atoms with Gasteiger partial charge in [0.15, 0.2) is 6.10 Å². The number of carbonyl (C=O) groups is 1. The molecule has 1 aliphatic rings. The van der Waals surface area contributed by atoms with Gasteiger partial charge in [-0.15, -0.1) is 0 Å². The zero-order valence-electron chi connectivity index (χ0n) is 13.8. The van der Waals surface area contributed by atoms with Gasteiger partial charge in [-0.2, -0.15) is 13.2 Å². The molecule has 0 radical (unpaired) electrons. The molecule has 0 aromatic heterocycles. The van der Waals surface area contributed by atoms with E-state index in [-0.39, 0.29) is 37.8 Å². The van der Waals surface area contributed by atoms with Crippen molar-refractivity contribution in [1.29, 1.82) is 0 Å². The van der Waals surface area contributed by atoms with Gasteiger partial charge in [-0.05, 0) is 30.7 Å². The van der Waals surface area contributed by atoms with Crippen LogP contribution >= 0.6 is 0 Å². The maximum absolute atomic E-state index is 12.8. The number of nitrogens with zero attached hydrogens (tertiary/aromatic N) is 1. The molecule has 0 spiro atoms. The van der Waals surface area contributed by atoms with Gasteiger partial charge in [-0.25, -0.2) is 0 Å². The minimum absolute atomic E-state index is 0.0250. The summed E-state index contributed by atoms with van der Waals surface area (Å²) >= 11 is 0. The van der Waals surface area contributed by atoms with Crippen LogP contribution in [0.4, 0.5) is 13.2 Å². The lowest BCUT2D eigenvalue weighted by molar-refractivity contribution is -0.223. The van der Waals surface area contributed by atoms with Crippen LogP contribution in [-0.4, -0.2) is 41.3 Å². The van der Waals surface area contributed by atoms with Crippen LogP contribution in [0.1, 0.15) is 44.1 Å². The van der Waals surface area contributed by atoms with Crippen molar-refractivity contribution >= 4 is 5.91 Å². The van der Waals surface area contributed by atoms with Gasteiger partial charge in [-0.1, -0.05) is 43.7 Å². The summed E-state index contributed by atoms with van der Waals surface area (Å²) in [5.74, 6) is -1.10. The first-order valence-corrected chi connectivity index (χ1v) is 8.43. The number of alkyl halides is 3. The molecule has 2 rings (SSSR count). The van der Waals surface area contributed by atoms with Crippen molar-refractivity contribution in [2.75, 3.05) is 13.1 Å². The second-order valence-electron chi connectivity index (χ2n) is 6.40. The Morgan fingerprint density at radius 2 is 1.83 bits per heavy atom. The molecule has 134 valence electrons. The summed E-state index contributed by atoms with van der Waals surface area (Å²) in [4.78, 5) is 14.4. The van der Waals surface area contributed by atoms with E-state index in [1.165, 1.54) is 0 Å². The molecule has 3 nitrogen and oxygen atoms in total. The highest BCUT2D eigenvalue weighted by molar-refractivity contribution is 5.83. The molecular formula is C18H24F3NO2. The molecule has 1 aromatic carbocycles. The summed E-state index contributed by atoms with van der Waals surface area (Å²) in [5, 5.41) is 9.38. The predicted molar refractivity (Wildman–Crippen MR) is 85.5 cm³/mol. The number of amides is 1. The Morgan fingerprint density at radius 1 is 1.25 bits per heavy atom. The van der Waals surface area contributed by atoms with E-state index in [4.69, 9.17) is 0 Å². The van der Waals surface area contributed by atoms with Gasteiger partial charge in [0.25, 0.3) is 0 Å². The normalized spacial score (nSPS) is 19.1. The highest BCUT2D eigenvalue weighted by Crippen LogP contribution is 2.33. The summed E-state index contributed by atoms with van der Waals surface area (Å²) in [6.45, 7) is 2.54. The SMILES string of the molecule is CCCC(C(=O)N1CCC(C(O)C(F)(F)F)CC1)c1ccccc1. The number of rotatable bonds is 5. The Balaban J connectivity index is 2.00. The molecule has 0 saturated carbocycles. The van der Waals surface area contributed by atoms with Crippen LogP contribution < -0.4 is 0 Å². The molecule has 1 heterocycles. The van der Waals surface area contributed by atoms with E-state index in [0.29, 0.717) is 6.42 Å². The number of likely N-dealkylation sites (tertiary alicyclic amines) is 1. The fourth-order valence-corrected chi connectivity index (χ4v) is 3.33. The summed E-state index contributed by atoms with van der Waals surface area (Å²) in [6.07, 6.45) is -4.95. The fraction of sp³-hybridized carbons (Fsp3) is 0.611. The van der Waals surface area contributed by atoms with Crippen LogP contribution in [0.3, 0.4) is 0 Å². The van der Waals surface area contributed by atoms with E-state index in [2.05, 4.69) is 0 Å². The van der Waals surface area contributed by atoms with E-state index >= 15 is 0 Å². The molecule has 24 heavy (non-hydrogen) atoms. The second-order valence-corrected chi connectivity index (χ2v) is 6.40. The molecule has 2 unspecified atom stereocenters. The summed E-state index contributed by atoms with van der Waals surface area (Å²) < 4.78 is 37.8. The molecule has 1 fully saturated rings. The topological polar surface area (TPSA) is 40.5 Å². The first kappa shape index (κ1) is 18.8. The van der Waals surface area contributed by atoms with Crippen LogP contribution in [0, 0.1) is 5.92 Å². The highest BCUT2D eigenvalue weighted by Gasteiger charge is 2.44. The Morgan fingerprint density at radius 3 is 2.33 bits per heavy atom. The van der Waals surface area contributed by atoms with Gasteiger partial charge < -0.3 is 10.0 Å². The zero-order valence-corrected chi connectivity index (χ0v) is 13.8. The van der Waals surface area contributed by atoms with Crippen LogP contribution in [0.25, 0.3) is 0 Å². The Kier molecular flexibility index (Phi) is 6.27. The van der Waals surface area contributed by atoms with Crippen molar-refractivity contribution < 1.29 is 23.1 Å². The minimum atomic E-state index is -4.59. The van der Waals surface area contributed by atoms with E-state index in [1.807, 2.05) is 37.3 Å². The monoisotopic (exact) mass is 343 g/mol. The lowest BCUT2D eigenvalue weighted by atomic mass is 9.88. The number of halogens is 3. The smallest absolute Gasteiger partial charge is 0.383 e. The molecule has 1 saturated heterocycles. The third-order valence-electron chi connectivity index (χ3n) is 4.71. The number of hydrogen-bond donors (Lipinski definition) is 1. The lowest BCUT2D eigenvalue weighted by Crippen LogP contribution is -2.46. The Bertz CT molecular complexity index is 525. The van der Waals surface area contributed by atoms with Crippen molar-refractivity contribution in [2.45, 2.75) is 50.8 Å². The molecule has 1 aromatic rings. The van der Waals surface area contributed by atoms with Crippen molar-refractivity contribution in [3.05, 3.63) is 35.9 Å². The van der Waals surface area contributed by atoms with Crippen molar-refractivity contribution in [2.24, 2.45) is 5.92 Å². The molecule has 6 heteroatoms. The van der Waals surface area contributed by atoms with Crippen molar-refractivity contribution in [1.82, 2.24) is 4.90 Å². The third-order valence-corrected chi connectivity index (χ3v) is 4.71. The number of carbonyl (C=O) groups excluding carboxylic acids is 1. The van der Waals surface area contributed by atoms with Crippen LogP contribution in [-0.2, 0) is 4.79 Å². The molecular weight excluding hydrogens is 319 g/mol. The average Bonchev–Trinajstić information content (AvgIpc) is 2.58. The lowest BCUT2D eigenvalue weighted by Gasteiger charge is -2.36. The maximum Gasteiger partial charge on any atom is 0.414 e. The first-order valence-electron chi connectivity index (χ1n) is 8.43. The van der Waals surface area contributed by atoms with Crippen LogP contribution in [0.5, 0.6) is 0 Å². The Labute approximate surface area is 140 Å². The van der Waals surface area contributed by atoms with E-state index in [9.17, 15) is 23.1 Å². The van der Waals surface area contributed by atoms with Gasteiger partial charge in [-0.3, -0.25) is 4.79 Å². The van der Waals surface area contributed by atoms with Crippen LogP contribution in [0.2, 0.25) is 0 Å². The van der Waals surface area contributed by atoms with Gasteiger partial charge in [0.1, 0.15) is 0 Å². The zero-order chi connectivity index (χ0) is 17.7. The summed E-state index contributed by atoms with van der Waals surface area (Å²) in [5.41, 5.74) is 0.946. The number of aliphatic hydroxyl groups is 1. The van der Waals surface area contributed by atoms with Gasteiger partial charge >= 0.3 is 6.18 Å². The number of hydrogen-bond acceptors (Lipinski definition) is 2. The number of benzene rings is 1. The molecule has 1 amide bonds. The van der Waals surface area contributed by atoms with Crippen LogP contribution in [0.15, 0.2) is 30.3 Å². The summed E-state index contributed by atoms with van der Waals surface area (Å²) in [7, 11) is 0. The molecule has 2 atom stereocenters. The molecule has 0 aliphatic carbocycles. The van der Waals surface area contributed by atoms with Crippen molar-refractivity contribution in [3.63, 3.8) is 0 Å². The third kappa shape index (κ3) is 4.50. The second kappa shape index (κ2) is 8.01. The van der Waals surface area contributed by atoms with Crippen molar-refractivity contribution in [3.8, 4) is 0 Å². The largest absolute Gasteiger partial charge is 0.414 e. The highest BCUT2D eigenvalue weighted by atomic mass is 19.4. The van der Waals surface area contributed by atoms with E-state index in [1.54, 1.807) is 4.90 Å². The fourth-order valence-electron chi connectivity index (χ4n) is 3.33. The Hall–Kier alpha value is -1.56. The van der Waals surface area contributed by atoms with Gasteiger partial charge in [0.05, 0.1) is 5.92 Å². The van der Waals surface area contributed by atoms with Gasteiger partial charge in [0, 0.05) is 13.1 Å². The van der Waals surface area contributed by atoms with Gasteiger partial charge in [0.2, 0.25) is 5.91 Å². The standard InChI is InChI=1S/C18H24F3NO2/c1-2-6-15(13-7-4-3-5-8-13)17(24)22-11-9-14(10-12-22)16(23)18(19,20)21/h3-5,7-8,14-16,23H,2,6,9-12H2,1H3. The number of aliphatic hydroxyl groups excluding tert-OH is 1. The summed E-state index contributed by atoms with van der Waals surface area (Å²) in [6, 6.07) is 9.49.